The molecule has 18 heavy (non-hydrogen) atoms. The lowest BCUT2D eigenvalue weighted by Crippen LogP contribution is -2.47. The van der Waals surface area contributed by atoms with Gasteiger partial charge in [0.2, 0.25) is 0 Å². The zero-order chi connectivity index (χ0) is 13.4. The van der Waals surface area contributed by atoms with Crippen LogP contribution in [-0.4, -0.2) is 61.7 Å². The van der Waals surface area contributed by atoms with Crippen LogP contribution in [0.3, 0.4) is 0 Å². The predicted molar refractivity (Wildman–Crippen MR) is 75.5 cm³/mol. The fourth-order valence-corrected chi connectivity index (χ4v) is 2.58. The molecule has 4 nitrogen and oxygen atoms in total. The molecule has 1 saturated heterocycles. The summed E-state index contributed by atoms with van der Waals surface area (Å²) in [7, 11) is 2.16. The molecule has 0 bridgehead atoms. The topological polar surface area (TPSA) is 42.3 Å². The number of piperidine rings is 1. The summed E-state index contributed by atoms with van der Waals surface area (Å²) in [6.07, 6.45) is 3.54. The van der Waals surface area contributed by atoms with Crippen LogP contribution in [0.4, 0.5) is 0 Å². The van der Waals surface area contributed by atoms with Gasteiger partial charge in [-0.25, -0.2) is 0 Å². The summed E-state index contributed by atoms with van der Waals surface area (Å²) in [5.74, 6) is 0. The zero-order valence-electron chi connectivity index (χ0n) is 12.2. The van der Waals surface area contributed by atoms with E-state index < -0.39 is 0 Å². The molecule has 4 heteroatoms. The minimum Gasteiger partial charge on any atom is -0.303 e. The van der Waals surface area contributed by atoms with Gasteiger partial charge in [0.1, 0.15) is 6.04 Å². The third-order valence-corrected chi connectivity index (χ3v) is 3.89. The summed E-state index contributed by atoms with van der Waals surface area (Å²) in [6.45, 7) is 9.69. The van der Waals surface area contributed by atoms with E-state index in [9.17, 15) is 0 Å². The molecule has 0 aromatic rings. The smallest absolute Gasteiger partial charge is 0.108 e. The molecule has 1 atom stereocenters. The van der Waals surface area contributed by atoms with E-state index in [2.05, 4.69) is 42.1 Å². The minimum atomic E-state index is -0.0286. The normalized spacial score (nSPS) is 19.9. The van der Waals surface area contributed by atoms with Gasteiger partial charge >= 0.3 is 0 Å². The van der Waals surface area contributed by atoms with E-state index in [1.807, 2.05) is 0 Å². The second-order valence-electron chi connectivity index (χ2n) is 5.24. The number of rotatable bonds is 7. The summed E-state index contributed by atoms with van der Waals surface area (Å²) in [4.78, 5) is 4.87. The number of likely N-dealkylation sites (tertiary alicyclic amines) is 1. The fraction of sp³-hybridized carbons (Fsp3) is 0.929. The third-order valence-electron chi connectivity index (χ3n) is 3.89. The van der Waals surface area contributed by atoms with Gasteiger partial charge < -0.3 is 15.1 Å². The molecular weight excluding hydrogens is 224 g/mol. The average molecular weight is 252 g/mol. The van der Waals surface area contributed by atoms with E-state index in [4.69, 9.17) is 5.26 Å². The average Bonchev–Trinajstić information content (AvgIpc) is 2.43. The second-order valence-corrected chi connectivity index (χ2v) is 5.24. The molecule has 1 N–H and O–H groups in total. The standard InChI is InChI=1S/C14H28N4/c1-4-8-16-13(11-15)12-17(3)14-6-9-18(5-2)10-7-14/h13-14,16H,4-10,12H2,1-3H3. The summed E-state index contributed by atoms with van der Waals surface area (Å²) in [5, 5.41) is 12.4. The van der Waals surface area contributed by atoms with Gasteiger partial charge in [0.05, 0.1) is 6.07 Å². The Morgan fingerprint density at radius 3 is 2.56 bits per heavy atom. The SMILES string of the molecule is CCCNC(C#N)CN(C)C1CCN(CC)CC1. The van der Waals surface area contributed by atoms with Gasteiger partial charge in [-0.05, 0) is 52.5 Å². The van der Waals surface area contributed by atoms with Crippen LogP contribution in [-0.2, 0) is 0 Å². The Morgan fingerprint density at radius 2 is 2.06 bits per heavy atom. The van der Waals surface area contributed by atoms with Crippen molar-refractivity contribution in [1.82, 2.24) is 15.1 Å². The van der Waals surface area contributed by atoms with E-state index in [0.717, 1.165) is 26.1 Å². The van der Waals surface area contributed by atoms with Crippen LogP contribution in [0.25, 0.3) is 0 Å². The molecule has 1 aliphatic rings. The molecule has 0 saturated carbocycles. The van der Waals surface area contributed by atoms with Gasteiger partial charge in [-0.2, -0.15) is 5.26 Å². The Hall–Kier alpha value is -0.630. The van der Waals surface area contributed by atoms with Crippen molar-refractivity contribution < 1.29 is 0 Å². The van der Waals surface area contributed by atoms with Crippen molar-refractivity contribution >= 4 is 0 Å². The quantitative estimate of drug-likeness (QED) is 0.741. The number of likely N-dealkylation sites (N-methyl/N-ethyl adjacent to an activating group) is 1. The molecule has 0 aromatic carbocycles. The predicted octanol–water partition coefficient (Wildman–Crippen LogP) is 1.29. The third kappa shape index (κ3) is 4.93. The van der Waals surface area contributed by atoms with Gasteiger partial charge in [-0.1, -0.05) is 13.8 Å². The highest BCUT2D eigenvalue weighted by Crippen LogP contribution is 2.15. The maximum Gasteiger partial charge on any atom is 0.108 e. The lowest BCUT2D eigenvalue weighted by molar-refractivity contribution is 0.128. The summed E-state index contributed by atoms with van der Waals surface area (Å²) in [6, 6.07) is 2.98. The highest BCUT2D eigenvalue weighted by molar-refractivity contribution is 4.93. The van der Waals surface area contributed by atoms with E-state index in [1.54, 1.807) is 0 Å². The van der Waals surface area contributed by atoms with Crippen LogP contribution in [0.5, 0.6) is 0 Å². The molecule has 1 fully saturated rings. The van der Waals surface area contributed by atoms with Crippen molar-refractivity contribution in [2.45, 2.75) is 45.2 Å². The maximum atomic E-state index is 9.13. The molecule has 0 aromatic heterocycles. The first-order valence-corrected chi connectivity index (χ1v) is 7.26. The van der Waals surface area contributed by atoms with Crippen LogP contribution in [0, 0.1) is 11.3 Å². The minimum absolute atomic E-state index is 0.0286. The number of nitrogens with zero attached hydrogens (tertiary/aromatic N) is 3. The van der Waals surface area contributed by atoms with Gasteiger partial charge in [-0.3, -0.25) is 0 Å². The first kappa shape index (κ1) is 15.4. The van der Waals surface area contributed by atoms with Crippen LogP contribution in [0.2, 0.25) is 0 Å². The van der Waals surface area contributed by atoms with E-state index in [1.165, 1.54) is 25.9 Å². The van der Waals surface area contributed by atoms with Crippen molar-refractivity contribution in [2.75, 3.05) is 39.8 Å². The second kappa shape index (κ2) is 8.47. The molecule has 0 aliphatic carbocycles. The molecule has 0 radical (unpaired) electrons. The summed E-state index contributed by atoms with van der Waals surface area (Å²) in [5.41, 5.74) is 0. The van der Waals surface area contributed by atoms with Crippen LogP contribution in [0.1, 0.15) is 33.1 Å². The monoisotopic (exact) mass is 252 g/mol. The molecule has 1 aliphatic heterocycles. The van der Waals surface area contributed by atoms with Crippen LogP contribution in [0.15, 0.2) is 0 Å². The van der Waals surface area contributed by atoms with E-state index in [-0.39, 0.29) is 6.04 Å². The molecular formula is C14H28N4. The molecule has 0 spiro atoms. The van der Waals surface area contributed by atoms with Gasteiger partial charge in [0, 0.05) is 12.6 Å². The zero-order valence-corrected chi connectivity index (χ0v) is 12.2. The number of hydrogen-bond donors (Lipinski definition) is 1. The van der Waals surface area contributed by atoms with Gasteiger partial charge in [0.25, 0.3) is 0 Å². The maximum absolute atomic E-state index is 9.13. The number of nitrogens with one attached hydrogen (secondary N) is 1. The molecule has 104 valence electrons. The molecule has 1 unspecified atom stereocenters. The summed E-state index contributed by atoms with van der Waals surface area (Å²) < 4.78 is 0. The Balaban J connectivity index is 2.31. The van der Waals surface area contributed by atoms with E-state index >= 15 is 0 Å². The molecule has 1 heterocycles. The Bertz CT molecular complexity index is 253. The largest absolute Gasteiger partial charge is 0.303 e. The number of nitriles is 1. The van der Waals surface area contributed by atoms with Crippen LogP contribution >= 0.6 is 0 Å². The van der Waals surface area contributed by atoms with Crippen molar-refractivity contribution in [1.29, 1.82) is 5.26 Å². The number of hydrogen-bond acceptors (Lipinski definition) is 4. The van der Waals surface area contributed by atoms with Gasteiger partial charge in [-0.15, -0.1) is 0 Å². The van der Waals surface area contributed by atoms with Crippen molar-refractivity contribution in [3.8, 4) is 6.07 Å². The van der Waals surface area contributed by atoms with E-state index in [0.29, 0.717) is 6.04 Å². The first-order chi connectivity index (χ1) is 8.71. The van der Waals surface area contributed by atoms with Gasteiger partial charge in [0.15, 0.2) is 0 Å². The fourth-order valence-electron chi connectivity index (χ4n) is 2.58. The van der Waals surface area contributed by atoms with Crippen LogP contribution < -0.4 is 5.32 Å². The highest BCUT2D eigenvalue weighted by Gasteiger charge is 2.23. The molecule has 1 rings (SSSR count). The Morgan fingerprint density at radius 1 is 1.39 bits per heavy atom. The molecule has 0 amide bonds. The van der Waals surface area contributed by atoms with Crippen molar-refractivity contribution in [3.63, 3.8) is 0 Å². The first-order valence-electron chi connectivity index (χ1n) is 7.26. The lowest BCUT2D eigenvalue weighted by atomic mass is 10.0. The Labute approximate surface area is 112 Å². The summed E-state index contributed by atoms with van der Waals surface area (Å²) >= 11 is 0. The van der Waals surface area contributed by atoms with Crippen molar-refractivity contribution in [3.05, 3.63) is 0 Å². The lowest BCUT2D eigenvalue weighted by Gasteiger charge is -2.37. The van der Waals surface area contributed by atoms with Crippen molar-refractivity contribution in [2.24, 2.45) is 0 Å². The highest BCUT2D eigenvalue weighted by atomic mass is 15.2. The Kier molecular flexibility index (Phi) is 7.26.